The number of hydrogen-bond donors (Lipinski definition) is 2. The Morgan fingerprint density at radius 1 is 1.00 bits per heavy atom. The molecule has 0 unspecified atom stereocenters. The lowest BCUT2D eigenvalue weighted by Crippen LogP contribution is -2.45. The van der Waals surface area contributed by atoms with E-state index in [9.17, 15) is 9.59 Å². The average molecular weight is 425 g/mol. The number of carbonyl (C=O) groups is 2. The van der Waals surface area contributed by atoms with Crippen molar-refractivity contribution < 1.29 is 14.3 Å². The summed E-state index contributed by atoms with van der Waals surface area (Å²) in [6.07, 6.45) is 0. The molecule has 1 aliphatic rings. The minimum Gasteiger partial charge on any atom is -0.379 e. The van der Waals surface area contributed by atoms with Crippen molar-refractivity contribution in [2.75, 3.05) is 57.2 Å². The van der Waals surface area contributed by atoms with Crippen molar-refractivity contribution >= 4 is 23.2 Å². The number of nitrogens with one attached hydrogen (secondary N) is 2. The smallest absolute Gasteiger partial charge is 0.313 e. The van der Waals surface area contributed by atoms with Crippen LogP contribution in [0.2, 0.25) is 0 Å². The Kier molecular flexibility index (Phi) is 7.65. The topological polar surface area (TPSA) is 73.9 Å². The van der Waals surface area contributed by atoms with E-state index < -0.39 is 11.8 Å². The third-order valence-corrected chi connectivity index (χ3v) is 5.42. The molecule has 0 aromatic heterocycles. The summed E-state index contributed by atoms with van der Waals surface area (Å²) in [6, 6.07) is 14.0. The molecule has 7 nitrogen and oxygen atoms in total. The van der Waals surface area contributed by atoms with Gasteiger partial charge in [-0.1, -0.05) is 18.2 Å². The molecule has 2 N–H and O–H groups in total. The van der Waals surface area contributed by atoms with Gasteiger partial charge in [0.05, 0.1) is 19.3 Å². The number of benzene rings is 2. The van der Waals surface area contributed by atoms with Crippen LogP contribution in [0, 0.1) is 13.8 Å². The Hall–Kier alpha value is -2.90. The van der Waals surface area contributed by atoms with Crippen LogP contribution in [-0.2, 0) is 14.3 Å². The van der Waals surface area contributed by atoms with Crippen LogP contribution < -0.4 is 15.5 Å². The van der Waals surface area contributed by atoms with E-state index in [4.69, 9.17) is 4.74 Å². The van der Waals surface area contributed by atoms with E-state index in [1.54, 1.807) is 0 Å². The summed E-state index contributed by atoms with van der Waals surface area (Å²) >= 11 is 0. The monoisotopic (exact) mass is 424 g/mol. The molecule has 0 spiro atoms. The van der Waals surface area contributed by atoms with Gasteiger partial charge >= 0.3 is 11.8 Å². The molecular formula is C24H32N4O3. The highest BCUT2D eigenvalue weighted by Crippen LogP contribution is 2.24. The van der Waals surface area contributed by atoms with E-state index in [1.165, 1.54) is 0 Å². The lowest BCUT2D eigenvalue weighted by Gasteiger charge is -2.35. The Morgan fingerprint density at radius 2 is 1.61 bits per heavy atom. The molecule has 1 heterocycles. The van der Waals surface area contributed by atoms with Gasteiger partial charge in [-0.05, 0) is 54.8 Å². The zero-order valence-electron chi connectivity index (χ0n) is 18.8. The highest BCUT2D eigenvalue weighted by Gasteiger charge is 2.24. The van der Waals surface area contributed by atoms with E-state index in [1.807, 2.05) is 51.0 Å². The van der Waals surface area contributed by atoms with Gasteiger partial charge in [0.15, 0.2) is 0 Å². The van der Waals surface area contributed by atoms with Crippen LogP contribution in [0.4, 0.5) is 11.4 Å². The minimum atomic E-state index is -0.659. The van der Waals surface area contributed by atoms with Crippen LogP contribution in [0.15, 0.2) is 42.5 Å². The van der Waals surface area contributed by atoms with Gasteiger partial charge in [-0.25, -0.2) is 0 Å². The van der Waals surface area contributed by atoms with Gasteiger partial charge < -0.3 is 20.3 Å². The summed E-state index contributed by atoms with van der Waals surface area (Å²) in [5, 5.41) is 5.52. The number of nitrogens with zero attached hydrogens (tertiary/aromatic N) is 2. The summed E-state index contributed by atoms with van der Waals surface area (Å²) in [4.78, 5) is 29.3. The summed E-state index contributed by atoms with van der Waals surface area (Å²) in [6.45, 7) is 7.14. The zero-order chi connectivity index (χ0) is 22.4. The highest BCUT2D eigenvalue weighted by atomic mass is 16.5. The molecule has 0 aliphatic carbocycles. The van der Waals surface area contributed by atoms with Crippen molar-refractivity contribution in [3.05, 3.63) is 59.2 Å². The second-order valence-corrected chi connectivity index (χ2v) is 8.19. The Balaban J connectivity index is 1.67. The highest BCUT2D eigenvalue weighted by molar-refractivity contribution is 6.39. The van der Waals surface area contributed by atoms with Crippen molar-refractivity contribution in [3.63, 3.8) is 0 Å². The first-order chi connectivity index (χ1) is 14.8. The lowest BCUT2D eigenvalue weighted by molar-refractivity contribution is -0.136. The van der Waals surface area contributed by atoms with Crippen LogP contribution in [0.3, 0.4) is 0 Å². The van der Waals surface area contributed by atoms with Gasteiger partial charge in [0.1, 0.15) is 0 Å². The molecule has 3 rings (SSSR count). The predicted molar refractivity (Wildman–Crippen MR) is 123 cm³/mol. The molecule has 2 aromatic rings. The molecule has 1 aliphatic heterocycles. The zero-order valence-corrected chi connectivity index (χ0v) is 18.8. The van der Waals surface area contributed by atoms with Crippen LogP contribution in [0.25, 0.3) is 0 Å². The standard InChI is InChI=1S/C24H32N4O3/c1-17-13-18(2)15-20(14-17)26-24(30)23(29)25-16-22(28-9-11-31-12-10-28)19-5-7-21(8-6-19)27(3)4/h5-8,13-15,22H,9-12,16H2,1-4H3,(H,25,29)(H,26,30)/t22-/m0/s1. The van der Waals surface area contributed by atoms with Gasteiger partial charge in [-0.15, -0.1) is 0 Å². The Morgan fingerprint density at radius 3 is 2.19 bits per heavy atom. The molecule has 7 heteroatoms. The Labute approximate surface area is 184 Å². The fourth-order valence-corrected chi connectivity index (χ4v) is 3.85. The van der Waals surface area contributed by atoms with Gasteiger partial charge in [-0.2, -0.15) is 0 Å². The molecule has 0 radical (unpaired) electrons. The second kappa shape index (κ2) is 10.4. The molecule has 2 aromatic carbocycles. The molecule has 0 bridgehead atoms. The van der Waals surface area contributed by atoms with Crippen molar-refractivity contribution in [1.82, 2.24) is 10.2 Å². The quantitative estimate of drug-likeness (QED) is 0.697. The van der Waals surface area contributed by atoms with Crippen LogP contribution in [0.5, 0.6) is 0 Å². The Bertz CT molecular complexity index is 885. The molecular weight excluding hydrogens is 392 g/mol. The van der Waals surface area contributed by atoms with E-state index in [0.717, 1.165) is 35.5 Å². The SMILES string of the molecule is Cc1cc(C)cc(NC(=O)C(=O)NC[C@@H](c2ccc(N(C)C)cc2)N2CCOCC2)c1. The largest absolute Gasteiger partial charge is 0.379 e. The number of aryl methyl sites for hydroxylation is 2. The maximum absolute atomic E-state index is 12.5. The molecule has 1 saturated heterocycles. The number of morpholine rings is 1. The van der Waals surface area contributed by atoms with Crippen molar-refractivity contribution in [3.8, 4) is 0 Å². The van der Waals surface area contributed by atoms with Crippen molar-refractivity contribution in [2.24, 2.45) is 0 Å². The minimum absolute atomic E-state index is 0.0296. The molecule has 166 valence electrons. The maximum Gasteiger partial charge on any atom is 0.313 e. The summed E-state index contributed by atoms with van der Waals surface area (Å²) in [5.74, 6) is -1.30. The number of carbonyl (C=O) groups excluding carboxylic acids is 2. The summed E-state index contributed by atoms with van der Waals surface area (Å²) < 4.78 is 5.49. The third-order valence-electron chi connectivity index (χ3n) is 5.42. The van der Waals surface area contributed by atoms with Gasteiger partial charge in [0.25, 0.3) is 0 Å². The van der Waals surface area contributed by atoms with Crippen LogP contribution in [-0.4, -0.2) is 63.7 Å². The molecule has 31 heavy (non-hydrogen) atoms. The molecule has 0 saturated carbocycles. The maximum atomic E-state index is 12.5. The van der Waals surface area contributed by atoms with E-state index in [0.29, 0.717) is 25.4 Å². The molecule has 1 atom stereocenters. The fraction of sp³-hybridized carbons (Fsp3) is 0.417. The van der Waals surface area contributed by atoms with E-state index >= 15 is 0 Å². The lowest BCUT2D eigenvalue weighted by atomic mass is 10.0. The van der Waals surface area contributed by atoms with Gasteiger partial charge in [0.2, 0.25) is 0 Å². The second-order valence-electron chi connectivity index (χ2n) is 8.19. The van der Waals surface area contributed by atoms with Crippen LogP contribution >= 0.6 is 0 Å². The summed E-state index contributed by atoms with van der Waals surface area (Å²) in [5.41, 5.74) is 4.90. The van der Waals surface area contributed by atoms with Crippen molar-refractivity contribution in [2.45, 2.75) is 19.9 Å². The van der Waals surface area contributed by atoms with Crippen molar-refractivity contribution in [1.29, 1.82) is 0 Å². The number of ether oxygens (including phenoxy) is 1. The number of anilines is 2. The number of hydrogen-bond acceptors (Lipinski definition) is 5. The normalized spacial score (nSPS) is 15.2. The molecule has 2 amide bonds. The first-order valence-electron chi connectivity index (χ1n) is 10.6. The van der Waals surface area contributed by atoms with E-state index in [-0.39, 0.29) is 6.04 Å². The molecule has 1 fully saturated rings. The fourth-order valence-electron chi connectivity index (χ4n) is 3.85. The van der Waals surface area contributed by atoms with E-state index in [2.05, 4.69) is 39.8 Å². The number of amides is 2. The number of rotatable bonds is 6. The summed E-state index contributed by atoms with van der Waals surface area (Å²) in [7, 11) is 4.01. The first-order valence-corrected chi connectivity index (χ1v) is 10.6. The predicted octanol–water partition coefficient (Wildman–Crippen LogP) is 2.50. The first kappa shape index (κ1) is 22.8. The van der Waals surface area contributed by atoms with Crippen LogP contribution in [0.1, 0.15) is 22.7 Å². The average Bonchev–Trinajstić information content (AvgIpc) is 2.74. The third kappa shape index (κ3) is 6.29. The van der Waals surface area contributed by atoms with Gasteiger partial charge in [0, 0.05) is 45.1 Å². The van der Waals surface area contributed by atoms with Gasteiger partial charge in [-0.3, -0.25) is 14.5 Å².